The lowest BCUT2D eigenvalue weighted by Gasteiger charge is -2.11. The van der Waals surface area contributed by atoms with Crippen molar-refractivity contribution in [2.24, 2.45) is 5.73 Å². The van der Waals surface area contributed by atoms with Crippen LogP contribution in [0, 0.1) is 13.8 Å². The first kappa shape index (κ1) is 13.5. The third-order valence-electron chi connectivity index (χ3n) is 3.56. The minimum absolute atomic E-state index is 0.354. The van der Waals surface area contributed by atoms with E-state index in [9.17, 15) is 0 Å². The summed E-state index contributed by atoms with van der Waals surface area (Å²) in [5.74, 6) is 1.60. The van der Waals surface area contributed by atoms with E-state index in [2.05, 4.69) is 42.2 Å². The number of aryl methyl sites for hydroxylation is 2. The molecular weight excluding hydrogens is 260 g/mol. The summed E-state index contributed by atoms with van der Waals surface area (Å²) in [4.78, 5) is 0. The van der Waals surface area contributed by atoms with Gasteiger partial charge in [0, 0.05) is 11.3 Å². The number of hydrogen-bond acceptors (Lipinski definition) is 3. The maximum Gasteiger partial charge on any atom is 0.168 e. The second-order valence-electron chi connectivity index (χ2n) is 5.13. The smallest absolute Gasteiger partial charge is 0.168 e. The highest BCUT2D eigenvalue weighted by atomic mass is 15.3. The SMILES string of the molecule is Cc1ccc(C)c(-c2nnc(CN)n2-c2ccccc2)c1. The van der Waals surface area contributed by atoms with Crippen LogP contribution in [0.25, 0.3) is 17.1 Å². The Bertz CT molecular complexity index is 760. The van der Waals surface area contributed by atoms with Gasteiger partial charge in [0.05, 0.1) is 6.54 Å². The zero-order valence-electron chi connectivity index (χ0n) is 12.2. The molecule has 0 spiro atoms. The highest BCUT2D eigenvalue weighted by Gasteiger charge is 2.16. The lowest BCUT2D eigenvalue weighted by atomic mass is 10.0. The van der Waals surface area contributed by atoms with Gasteiger partial charge in [0.2, 0.25) is 0 Å². The van der Waals surface area contributed by atoms with Gasteiger partial charge in [0.25, 0.3) is 0 Å². The van der Waals surface area contributed by atoms with E-state index in [4.69, 9.17) is 5.73 Å². The number of para-hydroxylation sites is 1. The van der Waals surface area contributed by atoms with Gasteiger partial charge in [0.15, 0.2) is 11.6 Å². The fourth-order valence-corrected chi connectivity index (χ4v) is 2.45. The van der Waals surface area contributed by atoms with Crippen molar-refractivity contribution in [1.82, 2.24) is 14.8 Å². The Kier molecular flexibility index (Phi) is 3.54. The molecule has 2 N–H and O–H groups in total. The van der Waals surface area contributed by atoms with Crippen molar-refractivity contribution in [2.45, 2.75) is 20.4 Å². The quantitative estimate of drug-likeness (QED) is 0.801. The Morgan fingerprint density at radius 3 is 2.48 bits per heavy atom. The van der Waals surface area contributed by atoms with Gasteiger partial charge in [-0.25, -0.2) is 0 Å². The van der Waals surface area contributed by atoms with Gasteiger partial charge in [-0.2, -0.15) is 0 Å². The Balaban J connectivity index is 2.25. The van der Waals surface area contributed by atoms with Crippen LogP contribution < -0.4 is 5.73 Å². The molecule has 0 aliphatic heterocycles. The highest BCUT2D eigenvalue weighted by molar-refractivity contribution is 5.63. The van der Waals surface area contributed by atoms with Crippen LogP contribution in [0.3, 0.4) is 0 Å². The molecule has 0 fully saturated rings. The van der Waals surface area contributed by atoms with E-state index in [1.807, 2.05) is 34.9 Å². The zero-order valence-corrected chi connectivity index (χ0v) is 12.2. The second kappa shape index (κ2) is 5.50. The van der Waals surface area contributed by atoms with Gasteiger partial charge in [0.1, 0.15) is 0 Å². The van der Waals surface area contributed by atoms with Crippen LogP contribution in [-0.2, 0) is 6.54 Å². The standard InChI is InChI=1S/C17H18N4/c1-12-8-9-13(2)15(10-12)17-20-19-16(11-18)21(17)14-6-4-3-5-7-14/h3-10H,11,18H2,1-2H3. The number of nitrogens with zero attached hydrogens (tertiary/aromatic N) is 3. The molecule has 0 aliphatic rings. The number of aromatic nitrogens is 3. The molecule has 0 saturated carbocycles. The molecule has 0 aliphatic carbocycles. The molecule has 4 heteroatoms. The Hall–Kier alpha value is -2.46. The van der Waals surface area contributed by atoms with Crippen molar-refractivity contribution in [3.8, 4) is 17.1 Å². The molecule has 3 aromatic rings. The number of rotatable bonds is 3. The molecule has 2 aromatic carbocycles. The van der Waals surface area contributed by atoms with E-state index >= 15 is 0 Å². The summed E-state index contributed by atoms with van der Waals surface area (Å²) < 4.78 is 2.03. The van der Waals surface area contributed by atoms with E-state index in [0.717, 1.165) is 22.9 Å². The molecule has 0 amide bonds. The number of nitrogens with two attached hydrogens (primary N) is 1. The van der Waals surface area contributed by atoms with Crippen LogP contribution in [0.2, 0.25) is 0 Å². The van der Waals surface area contributed by atoms with Crippen molar-refractivity contribution in [3.05, 3.63) is 65.5 Å². The lowest BCUT2D eigenvalue weighted by Crippen LogP contribution is -2.08. The fourth-order valence-electron chi connectivity index (χ4n) is 2.45. The first-order valence-corrected chi connectivity index (χ1v) is 6.98. The summed E-state index contributed by atoms with van der Waals surface area (Å²) in [6.45, 7) is 4.52. The van der Waals surface area contributed by atoms with Gasteiger partial charge in [-0.1, -0.05) is 35.9 Å². The van der Waals surface area contributed by atoms with Crippen LogP contribution >= 0.6 is 0 Å². The van der Waals surface area contributed by atoms with Gasteiger partial charge < -0.3 is 5.73 Å². The molecule has 106 valence electrons. The Labute approximate surface area is 124 Å². The third kappa shape index (κ3) is 2.45. The van der Waals surface area contributed by atoms with Crippen molar-refractivity contribution in [3.63, 3.8) is 0 Å². The maximum absolute atomic E-state index is 5.82. The van der Waals surface area contributed by atoms with Gasteiger partial charge >= 0.3 is 0 Å². The minimum Gasteiger partial charge on any atom is -0.324 e. The summed E-state index contributed by atoms with van der Waals surface area (Å²) in [5, 5.41) is 8.61. The van der Waals surface area contributed by atoms with Crippen molar-refractivity contribution < 1.29 is 0 Å². The van der Waals surface area contributed by atoms with E-state index in [-0.39, 0.29) is 0 Å². The number of benzene rings is 2. The van der Waals surface area contributed by atoms with Crippen molar-refractivity contribution >= 4 is 0 Å². The Morgan fingerprint density at radius 1 is 1.00 bits per heavy atom. The molecule has 21 heavy (non-hydrogen) atoms. The third-order valence-corrected chi connectivity index (χ3v) is 3.56. The molecule has 0 radical (unpaired) electrons. The predicted molar refractivity (Wildman–Crippen MR) is 84.2 cm³/mol. The molecule has 1 heterocycles. The molecule has 4 nitrogen and oxygen atoms in total. The first-order valence-electron chi connectivity index (χ1n) is 6.98. The molecule has 0 unspecified atom stereocenters. The average Bonchev–Trinajstić information content (AvgIpc) is 2.94. The van der Waals surface area contributed by atoms with Gasteiger partial charge in [-0.05, 0) is 37.6 Å². The minimum atomic E-state index is 0.354. The highest BCUT2D eigenvalue weighted by Crippen LogP contribution is 2.26. The van der Waals surface area contributed by atoms with E-state index < -0.39 is 0 Å². The summed E-state index contributed by atoms with van der Waals surface area (Å²) >= 11 is 0. The van der Waals surface area contributed by atoms with Crippen LogP contribution in [0.15, 0.2) is 48.5 Å². The monoisotopic (exact) mass is 278 g/mol. The fraction of sp³-hybridized carbons (Fsp3) is 0.176. The normalized spacial score (nSPS) is 10.8. The van der Waals surface area contributed by atoms with Crippen LogP contribution in [0.4, 0.5) is 0 Å². The summed E-state index contributed by atoms with van der Waals surface area (Å²) in [6, 6.07) is 16.4. The number of hydrogen-bond donors (Lipinski definition) is 1. The maximum atomic E-state index is 5.82. The molecule has 1 aromatic heterocycles. The second-order valence-corrected chi connectivity index (χ2v) is 5.13. The summed E-state index contributed by atoms with van der Waals surface area (Å²) in [5.41, 5.74) is 10.3. The van der Waals surface area contributed by atoms with Gasteiger partial charge in [-0.15, -0.1) is 10.2 Å². The van der Waals surface area contributed by atoms with Crippen LogP contribution in [0.1, 0.15) is 17.0 Å². The summed E-state index contributed by atoms with van der Waals surface area (Å²) in [7, 11) is 0. The zero-order chi connectivity index (χ0) is 14.8. The predicted octanol–water partition coefficient (Wildman–Crippen LogP) is 3.01. The molecular formula is C17H18N4. The Morgan fingerprint density at radius 2 is 1.76 bits per heavy atom. The summed E-state index contributed by atoms with van der Waals surface area (Å²) in [6.07, 6.45) is 0. The van der Waals surface area contributed by atoms with Gasteiger partial charge in [-0.3, -0.25) is 4.57 Å². The van der Waals surface area contributed by atoms with Crippen LogP contribution in [-0.4, -0.2) is 14.8 Å². The van der Waals surface area contributed by atoms with Crippen LogP contribution in [0.5, 0.6) is 0 Å². The molecule has 0 bridgehead atoms. The lowest BCUT2D eigenvalue weighted by molar-refractivity contribution is 0.861. The molecule has 0 saturated heterocycles. The van der Waals surface area contributed by atoms with E-state index in [0.29, 0.717) is 6.54 Å². The molecule has 0 atom stereocenters. The topological polar surface area (TPSA) is 56.7 Å². The van der Waals surface area contributed by atoms with Crippen molar-refractivity contribution in [2.75, 3.05) is 0 Å². The first-order chi connectivity index (χ1) is 10.2. The van der Waals surface area contributed by atoms with Crippen molar-refractivity contribution in [1.29, 1.82) is 0 Å². The largest absolute Gasteiger partial charge is 0.324 e. The molecule has 3 rings (SSSR count). The van der Waals surface area contributed by atoms with E-state index in [1.54, 1.807) is 0 Å². The van der Waals surface area contributed by atoms with E-state index in [1.165, 1.54) is 11.1 Å². The average molecular weight is 278 g/mol.